The fraction of sp³-hybridized carbons (Fsp3) is 0.125. The molecule has 0 fully saturated rings. The van der Waals surface area contributed by atoms with Crippen molar-refractivity contribution in [3.8, 4) is 11.5 Å². The lowest BCUT2D eigenvalue weighted by atomic mass is 10.2. The van der Waals surface area contributed by atoms with Crippen LogP contribution in [0, 0.1) is 0 Å². The van der Waals surface area contributed by atoms with Crippen molar-refractivity contribution < 1.29 is 18.3 Å². The number of rotatable bonds is 5. The van der Waals surface area contributed by atoms with Crippen molar-refractivity contribution in [1.29, 1.82) is 0 Å². The molecule has 8 heteroatoms. The van der Waals surface area contributed by atoms with Gasteiger partial charge in [-0.3, -0.25) is 0 Å². The monoisotopic (exact) mass is 366 g/mol. The van der Waals surface area contributed by atoms with Gasteiger partial charge in [-0.25, -0.2) is 13.1 Å². The maximum absolute atomic E-state index is 12.5. The summed E-state index contributed by atoms with van der Waals surface area (Å²) in [6.45, 7) is 0.0810. The van der Waals surface area contributed by atoms with Crippen molar-refractivity contribution in [3.63, 3.8) is 0 Å². The molecule has 0 saturated carbocycles. The summed E-state index contributed by atoms with van der Waals surface area (Å²) in [5.41, 5.74) is 1.25. The normalized spacial score (nSPS) is 11.8. The van der Waals surface area contributed by atoms with Crippen LogP contribution < -0.4 is 9.46 Å². The Morgan fingerprint density at radius 1 is 1.21 bits per heavy atom. The van der Waals surface area contributed by atoms with E-state index in [0.29, 0.717) is 21.7 Å². The van der Waals surface area contributed by atoms with E-state index in [2.05, 4.69) is 9.71 Å². The van der Waals surface area contributed by atoms with Crippen LogP contribution in [0.4, 0.5) is 0 Å². The van der Waals surface area contributed by atoms with Crippen molar-refractivity contribution in [2.45, 2.75) is 11.6 Å². The number of fused-ring (bicyclic) bond motifs is 1. The number of benzene rings is 2. The summed E-state index contributed by atoms with van der Waals surface area (Å²) < 4.78 is 32.4. The quantitative estimate of drug-likeness (QED) is 0.647. The van der Waals surface area contributed by atoms with E-state index in [-0.39, 0.29) is 17.3 Å². The summed E-state index contributed by atoms with van der Waals surface area (Å²) in [6, 6.07) is 11.7. The first-order valence-electron chi connectivity index (χ1n) is 7.03. The molecule has 0 amide bonds. The summed E-state index contributed by atoms with van der Waals surface area (Å²) in [5.74, 6) is 0.183. The van der Waals surface area contributed by atoms with Crippen LogP contribution in [0.5, 0.6) is 11.5 Å². The van der Waals surface area contributed by atoms with Crippen LogP contribution in [0.3, 0.4) is 0 Å². The van der Waals surface area contributed by atoms with Crippen LogP contribution >= 0.6 is 11.6 Å². The SMILES string of the molecule is COc1ccc2[nH]c(S(=O)(=O)NCc3ccc(Cl)cc3)c(O)c2c1. The lowest BCUT2D eigenvalue weighted by Gasteiger charge is -2.06. The van der Waals surface area contributed by atoms with E-state index in [0.717, 1.165) is 5.56 Å². The van der Waals surface area contributed by atoms with Crippen LogP contribution in [-0.4, -0.2) is 25.6 Å². The van der Waals surface area contributed by atoms with Gasteiger partial charge in [-0.1, -0.05) is 23.7 Å². The second kappa shape index (κ2) is 6.35. The van der Waals surface area contributed by atoms with E-state index in [9.17, 15) is 13.5 Å². The Balaban J connectivity index is 1.90. The van der Waals surface area contributed by atoms with E-state index in [4.69, 9.17) is 16.3 Å². The predicted octanol–water partition coefficient (Wildman–Crippen LogP) is 3.01. The second-order valence-electron chi connectivity index (χ2n) is 5.17. The highest BCUT2D eigenvalue weighted by Crippen LogP contribution is 2.34. The molecule has 0 radical (unpaired) electrons. The van der Waals surface area contributed by atoms with Crippen molar-refractivity contribution in [2.75, 3.05) is 7.11 Å². The van der Waals surface area contributed by atoms with Crippen molar-refractivity contribution in [1.82, 2.24) is 9.71 Å². The lowest BCUT2D eigenvalue weighted by Crippen LogP contribution is -2.23. The molecule has 0 atom stereocenters. The highest BCUT2D eigenvalue weighted by Gasteiger charge is 2.23. The molecule has 24 heavy (non-hydrogen) atoms. The van der Waals surface area contributed by atoms with Crippen LogP contribution in [0.2, 0.25) is 5.02 Å². The zero-order chi connectivity index (χ0) is 17.3. The number of aromatic nitrogens is 1. The number of H-pyrrole nitrogens is 1. The van der Waals surface area contributed by atoms with Gasteiger partial charge < -0.3 is 14.8 Å². The van der Waals surface area contributed by atoms with Gasteiger partial charge in [0, 0.05) is 17.0 Å². The fourth-order valence-corrected chi connectivity index (χ4v) is 3.54. The molecule has 3 rings (SSSR count). The van der Waals surface area contributed by atoms with Gasteiger partial charge in [0.05, 0.1) is 12.6 Å². The minimum Gasteiger partial charge on any atom is -0.504 e. The topological polar surface area (TPSA) is 91.4 Å². The molecular formula is C16H15ClN2O4S. The molecule has 1 aromatic heterocycles. The molecule has 1 heterocycles. The number of methoxy groups -OCH3 is 1. The van der Waals surface area contributed by atoms with Crippen LogP contribution in [-0.2, 0) is 16.6 Å². The average molecular weight is 367 g/mol. The Morgan fingerprint density at radius 2 is 1.92 bits per heavy atom. The number of halogens is 1. The van der Waals surface area contributed by atoms with Gasteiger partial charge in [-0.2, -0.15) is 0 Å². The Labute approximate surface area is 144 Å². The molecule has 3 aromatic rings. The molecule has 6 nitrogen and oxygen atoms in total. The van der Waals surface area contributed by atoms with Crippen molar-refractivity contribution >= 4 is 32.5 Å². The van der Waals surface area contributed by atoms with E-state index in [1.54, 1.807) is 42.5 Å². The third-order valence-corrected chi connectivity index (χ3v) is 5.20. The molecule has 0 saturated heterocycles. The predicted molar refractivity (Wildman–Crippen MR) is 92.0 cm³/mol. The molecule has 0 unspecified atom stereocenters. The van der Waals surface area contributed by atoms with E-state index < -0.39 is 10.0 Å². The summed E-state index contributed by atoms with van der Waals surface area (Å²) in [7, 11) is -2.41. The summed E-state index contributed by atoms with van der Waals surface area (Å²) >= 11 is 5.80. The standard InChI is InChI=1S/C16H15ClN2O4S/c1-23-12-6-7-14-13(8-12)15(20)16(19-14)24(21,22)18-9-10-2-4-11(17)5-3-10/h2-8,18-20H,9H2,1H3. The van der Waals surface area contributed by atoms with Gasteiger partial charge in [0.2, 0.25) is 0 Å². The van der Waals surface area contributed by atoms with E-state index in [1.807, 2.05) is 0 Å². The number of nitrogens with one attached hydrogen (secondary N) is 2. The molecule has 0 aliphatic carbocycles. The number of hydrogen-bond acceptors (Lipinski definition) is 4. The third kappa shape index (κ3) is 3.19. The number of aromatic amines is 1. The molecule has 0 aliphatic rings. The van der Waals surface area contributed by atoms with E-state index in [1.165, 1.54) is 7.11 Å². The molecule has 3 N–H and O–H groups in total. The third-order valence-electron chi connectivity index (χ3n) is 3.59. The van der Waals surface area contributed by atoms with Crippen molar-refractivity contribution in [3.05, 3.63) is 53.1 Å². The minimum absolute atomic E-state index is 0.0810. The Morgan fingerprint density at radius 3 is 2.58 bits per heavy atom. The molecular weight excluding hydrogens is 352 g/mol. The minimum atomic E-state index is -3.91. The van der Waals surface area contributed by atoms with Crippen LogP contribution in [0.1, 0.15) is 5.56 Å². The summed E-state index contributed by atoms with van der Waals surface area (Å²) in [5, 5.41) is 10.9. The first kappa shape index (κ1) is 16.6. The highest BCUT2D eigenvalue weighted by atomic mass is 35.5. The maximum Gasteiger partial charge on any atom is 0.260 e. The van der Waals surface area contributed by atoms with Gasteiger partial charge in [0.25, 0.3) is 10.0 Å². The second-order valence-corrected chi connectivity index (χ2v) is 7.31. The molecule has 2 aromatic carbocycles. The molecule has 126 valence electrons. The zero-order valence-corrected chi connectivity index (χ0v) is 14.3. The Kier molecular flexibility index (Phi) is 4.40. The molecule has 0 spiro atoms. The van der Waals surface area contributed by atoms with Gasteiger partial charge >= 0.3 is 0 Å². The van der Waals surface area contributed by atoms with Gasteiger partial charge in [0.1, 0.15) is 5.75 Å². The Hall–Kier alpha value is -2.22. The molecule has 0 aliphatic heterocycles. The maximum atomic E-state index is 12.5. The number of aromatic hydroxyl groups is 1. The Bertz CT molecular complexity index is 981. The summed E-state index contributed by atoms with van der Waals surface area (Å²) in [4.78, 5) is 2.72. The van der Waals surface area contributed by atoms with E-state index >= 15 is 0 Å². The summed E-state index contributed by atoms with van der Waals surface area (Å²) in [6.07, 6.45) is 0. The zero-order valence-electron chi connectivity index (χ0n) is 12.7. The van der Waals surface area contributed by atoms with Crippen molar-refractivity contribution in [2.24, 2.45) is 0 Å². The first-order valence-corrected chi connectivity index (χ1v) is 8.89. The number of ether oxygens (including phenoxy) is 1. The van der Waals surface area contributed by atoms with Crippen LogP contribution in [0.25, 0.3) is 10.9 Å². The largest absolute Gasteiger partial charge is 0.504 e. The van der Waals surface area contributed by atoms with Gasteiger partial charge in [-0.15, -0.1) is 0 Å². The van der Waals surface area contributed by atoms with Gasteiger partial charge in [-0.05, 0) is 35.9 Å². The molecule has 0 bridgehead atoms. The van der Waals surface area contributed by atoms with Gasteiger partial charge in [0.15, 0.2) is 10.8 Å². The number of hydrogen-bond donors (Lipinski definition) is 3. The smallest absolute Gasteiger partial charge is 0.260 e. The fourth-order valence-electron chi connectivity index (χ4n) is 2.31. The van der Waals surface area contributed by atoms with Crippen LogP contribution in [0.15, 0.2) is 47.5 Å². The highest BCUT2D eigenvalue weighted by molar-refractivity contribution is 7.89. The lowest BCUT2D eigenvalue weighted by molar-refractivity contribution is 0.415. The number of sulfonamides is 1. The first-order chi connectivity index (χ1) is 11.4. The average Bonchev–Trinajstić information content (AvgIpc) is 2.91.